The Morgan fingerprint density at radius 2 is 1.82 bits per heavy atom. The standard InChI is InChI=1S/C20H19N3O4S/c24-18(21-9-11-27-12-10-21)14-23-19(25)17(28-20(23)26)13-16-7-4-8-22(16)15-5-2-1-3-6-15/h1-8,13H,9-12,14H2/b17-13+. The Labute approximate surface area is 166 Å². The Morgan fingerprint density at radius 1 is 1.07 bits per heavy atom. The summed E-state index contributed by atoms with van der Waals surface area (Å²) < 4.78 is 7.17. The van der Waals surface area contributed by atoms with Gasteiger partial charge in [0.1, 0.15) is 6.54 Å². The smallest absolute Gasteiger partial charge is 0.294 e. The molecule has 2 aromatic rings. The third-order valence-electron chi connectivity index (χ3n) is 4.62. The van der Waals surface area contributed by atoms with Crippen molar-refractivity contribution in [3.05, 3.63) is 59.3 Å². The van der Waals surface area contributed by atoms with Crippen LogP contribution in [0.15, 0.2) is 53.6 Å². The first-order valence-corrected chi connectivity index (χ1v) is 9.79. The average Bonchev–Trinajstić information content (AvgIpc) is 3.29. The predicted octanol–water partition coefficient (Wildman–Crippen LogP) is 2.37. The van der Waals surface area contributed by atoms with Crippen molar-refractivity contribution in [3.8, 4) is 5.69 Å². The van der Waals surface area contributed by atoms with Crippen molar-refractivity contribution in [2.75, 3.05) is 32.8 Å². The number of morpholine rings is 1. The first-order chi connectivity index (χ1) is 13.6. The number of ether oxygens (including phenoxy) is 1. The second kappa shape index (κ2) is 8.04. The van der Waals surface area contributed by atoms with E-state index in [1.165, 1.54) is 0 Å². The van der Waals surface area contributed by atoms with Gasteiger partial charge in [-0.05, 0) is 42.1 Å². The van der Waals surface area contributed by atoms with Crippen molar-refractivity contribution in [2.24, 2.45) is 0 Å². The maximum Gasteiger partial charge on any atom is 0.294 e. The van der Waals surface area contributed by atoms with Crippen LogP contribution < -0.4 is 0 Å². The Bertz CT molecular complexity index is 932. The molecule has 0 saturated carbocycles. The molecular weight excluding hydrogens is 378 g/mol. The second-order valence-electron chi connectivity index (χ2n) is 6.40. The second-order valence-corrected chi connectivity index (χ2v) is 7.39. The summed E-state index contributed by atoms with van der Waals surface area (Å²) in [6, 6.07) is 13.5. The zero-order valence-corrected chi connectivity index (χ0v) is 15.9. The number of aromatic nitrogens is 1. The number of carbonyl (C=O) groups excluding carboxylic acids is 3. The van der Waals surface area contributed by atoms with Crippen molar-refractivity contribution >= 4 is 34.9 Å². The van der Waals surface area contributed by atoms with Crippen LogP contribution in [0.25, 0.3) is 11.8 Å². The topological polar surface area (TPSA) is 71.9 Å². The molecule has 2 aliphatic rings. The van der Waals surface area contributed by atoms with Crippen molar-refractivity contribution in [3.63, 3.8) is 0 Å². The summed E-state index contributed by atoms with van der Waals surface area (Å²) in [5.41, 5.74) is 1.75. The summed E-state index contributed by atoms with van der Waals surface area (Å²) in [5.74, 6) is -0.670. The minimum atomic E-state index is -0.433. The molecule has 0 spiro atoms. The van der Waals surface area contributed by atoms with Gasteiger partial charge in [-0.3, -0.25) is 19.3 Å². The Hall–Kier alpha value is -2.84. The summed E-state index contributed by atoms with van der Waals surface area (Å²) in [5, 5.41) is -0.421. The monoisotopic (exact) mass is 397 g/mol. The number of para-hydroxylation sites is 1. The Balaban J connectivity index is 1.51. The Morgan fingerprint density at radius 3 is 2.57 bits per heavy atom. The molecule has 144 valence electrons. The van der Waals surface area contributed by atoms with Crippen LogP contribution >= 0.6 is 11.8 Å². The van der Waals surface area contributed by atoms with E-state index in [-0.39, 0.29) is 12.5 Å². The lowest BCUT2D eigenvalue weighted by atomic mass is 10.3. The van der Waals surface area contributed by atoms with Crippen LogP contribution in [0.4, 0.5) is 4.79 Å². The van der Waals surface area contributed by atoms with E-state index in [0.29, 0.717) is 31.2 Å². The maximum atomic E-state index is 12.7. The van der Waals surface area contributed by atoms with Crippen molar-refractivity contribution in [2.45, 2.75) is 0 Å². The van der Waals surface area contributed by atoms with Crippen LogP contribution in [0.1, 0.15) is 5.69 Å². The number of amides is 3. The largest absolute Gasteiger partial charge is 0.378 e. The summed E-state index contributed by atoms with van der Waals surface area (Å²) in [6.07, 6.45) is 3.59. The van der Waals surface area contributed by atoms with Gasteiger partial charge >= 0.3 is 0 Å². The van der Waals surface area contributed by atoms with Gasteiger partial charge in [0.25, 0.3) is 11.1 Å². The zero-order valence-electron chi connectivity index (χ0n) is 15.1. The summed E-state index contributed by atoms with van der Waals surface area (Å²) >= 11 is 0.862. The van der Waals surface area contributed by atoms with Gasteiger partial charge in [-0.1, -0.05) is 18.2 Å². The van der Waals surface area contributed by atoms with Crippen LogP contribution in [-0.2, 0) is 14.3 Å². The van der Waals surface area contributed by atoms with Gasteiger partial charge in [-0.2, -0.15) is 0 Å². The highest BCUT2D eigenvalue weighted by Gasteiger charge is 2.37. The number of benzene rings is 1. The van der Waals surface area contributed by atoms with Gasteiger partial charge in [-0.15, -0.1) is 0 Å². The van der Waals surface area contributed by atoms with E-state index in [1.54, 1.807) is 11.0 Å². The molecule has 1 aromatic heterocycles. The molecule has 0 unspecified atom stereocenters. The first-order valence-electron chi connectivity index (χ1n) is 8.97. The lowest BCUT2D eigenvalue weighted by Crippen LogP contribution is -2.46. The Kier molecular flexibility index (Phi) is 5.31. The molecule has 2 aliphatic heterocycles. The number of thioether (sulfide) groups is 1. The fraction of sp³-hybridized carbons (Fsp3) is 0.250. The number of carbonyl (C=O) groups is 3. The summed E-state index contributed by atoms with van der Waals surface area (Å²) in [4.78, 5) is 40.4. The first kappa shape index (κ1) is 18.5. The SMILES string of the molecule is O=C(CN1C(=O)S/C(=C/c2cccn2-c2ccccc2)C1=O)N1CCOCC1. The van der Waals surface area contributed by atoms with Gasteiger partial charge in [0.05, 0.1) is 18.1 Å². The molecule has 4 rings (SSSR count). The molecule has 2 fully saturated rings. The molecule has 28 heavy (non-hydrogen) atoms. The summed E-state index contributed by atoms with van der Waals surface area (Å²) in [6.45, 7) is 1.68. The molecule has 8 heteroatoms. The lowest BCUT2D eigenvalue weighted by Gasteiger charge is -2.28. The minimum Gasteiger partial charge on any atom is -0.378 e. The maximum absolute atomic E-state index is 12.7. The molecule has 0 N–H and O–H groups in total. The molecule has 7 nitrogen and oxygen atoms in total. The van der Waals surface area contributed by atoms with E-state index in [1.807, 2.05) is 53.2 Å². The molecule has 3 amide bonds. The van der Waals surface area contributed by atoms with E-state index in [4.69, 9.17) is 4.74 Å². The zero-order chi connectivity index (χ0) is 19.5. The van der Waals surface area contributed by atoms with E-state index in [2.05, 4.69) is 0 Å². The van der Waals surface area contributed by atoms with Crippen LogP contribution in [0.3, 0.4) is 0 Å². The third kappa shape index (κ3) is 3.74. The van der Waals surface area contributed by atoms with Gasteiger partial charge in [0.15, 0.2) is 0 Å². The highest BCUT2D eigenvalue weighted by Crippen LogP contribution is 2.32. The third-order valence-corrected chi connectivity index (χ3v) is 5.53. The van der Waals surface area contributed by atoms with Crippen molar-refractivity contribution < 1.29 is 19.1 Å². The number of hydrogen-bond donors (Lipinski definition) is 0. The van der Waals surface area contributed by atoms with Crippen LogP contribution in [0, 0.1) is 0 Å². The van der Waals surface area contributed by atoms with Crippen molar-refractivity contribution in [1.29, 1.82) is 0 Å². The fourth-order valence-corrected chi connectivity index (χ4v) is 3.98. The molecule has 0 bridgehead atoms. The van der Waals surface area contributed by atoms with Crippen LogP contribution in [0.5, 0.6) is 0 Å². The van der Waals surface area contributed by atoms with Gasteiger partial charge in [-0.25, -0.2) is 0 Å². The average molecular weight is 397 g/mol. The van der Waals surface area contributed by atoms with Gasteiger partial charge in [0.2, 0.25) is 5.91 Å². The summed E-state index contributed by atoms with van der Waals surface area (Å²) in [7, 11) is 0. The molecule has 0 aliphatic carbocycles. The molecule has 2 saturated heterocycles. The number of rotatable bonds is 4. The van der Waals surface area contributed by atoms with Gasteiger partial charge < -0.3 is 14.2 Å². The highest BCUT2D eigenvalue weighted by atomic mass is 32.2. The quantitative estimate of drug-likeness (QED) is 0.741. The van der Waals surface area contributed by atoms with Crippen LogP contribution in [0.2, 0.25) is 0 Å². The molecule has 0 radical (unpaired) electrons. The molecular formula is C20H19N3O4S. The molecule has 1 aromatic carbocycles. The normalized spacial score (nSPS) is 18.9. The van der Waals surface area contributed by atoms with E-state index < -0.39 is 11.1 Å². The number of nitrogens with zero attached hydrogens (tertiary/aromatic N) is 3. The van der Waals surface area contributed by atoms with Gasteiger partial charge in [0, 0.05) is 30.7 Å². The predicted molar refractivity (Wildman–Crippen MR) is 106 cm³/mol. The van der Waals surface area contributed by atoms with E-state index >= 15 is 0 Å². The van der Waals surface area contributed by atoms with Crippen LogP contribution in [-0.4, -0.2) is 64.3 Å². The lowest BCUT2D eigenvalue weighted by molar-refractivity contribution is -0.139. The van der Waals surface area contributed by atoms with Crippen molar-refractivity contribution in [1.82, 2.24) is 14.4 Å². The fourth-order valence-electron chi connectivity index (χ4n) is 3.15. The minimum absolute atomic E-state index is 0.234. The van der Waals surface area contributed by atoms with E-state index in [9.17, 15) is 14.4 Å². The number of hydrogen-bond acceptors (Lipinski definition) is 5. The van der Waals surface area contributed by atoms with E-state index in [0.717, 1.165) is 28.0 Å². The highest BCUT2D eigenvalue weighted by molar-refractivity contribution is 8.18. The molecule has 0 atom stereocenters. The molecule has 3 heterocycles. The number of imide groups is 1.